The molecular formula is C18H25N3O3S. The molecule has 0 saturated carbocycles. The van der Waals surface area contributed by atoms with Crippen LogP contribution in [0.15, 0.2) is 24.3 Å². The first-order valence-electron chi connectivity index (χ1n) is 8.56. The molecule has 0 aliphatic carbocycles. The normalized spacial score (nSPS) is 16.0. The Morgan fingerprint density at radius 2 is 2.04 bits per heavy atom. The smallest absolute Gasteiger partial charge is 0.222 e. The highest BCUT2D eigenvalue weighted by atomic mass is 32.2. The zero-order valence-corrected chi connectivity index (χ0v) is 15.6. The molecule has 0 spiro atoms. The lowest BCUT2D eigenvalue weighted by Crippen LogP contribution is -2.46. The Morgan fingerprint density at radius 1 is 1.36 bits per heavy atom. The third-order valence-corrected chi connectivity index (χ3v) is 5.60. The number of nitrogens with one attached hydrogen (secondary N) is 1. The topological polar surface area (TPSA) is 90.3 Å². The number of hydrogen-bond acceptors (Lipinski definition) is 4. The summed E-state index contributed by atoms with van der Waals surface area (Å²) in [5.41, 5.74) is 1.04. The van der Waals surface area contributed by atoms with Crippen molar-refractivity contribution in [3.05, 3.63) is 35.4 Å². The monoisotopic (exact) mass is 363 g/mol. The standard InChI is InChI=1S/C18H25N3O3S/c1-14(2)10-18(22)21-8-6-17(7-9-21)20-25(23,24)13-16-5-3-4-15(11-16)12-19/h3-5,11,14,17,20H,6-10,13H2,1-2H3. The first-order chi connectivity index (χ1) is 11.8. The first kappa shape index (κ1) is 19.4. The molecule has 1 aliphatic heterocycles. The molecule has 0 atom stereocenters. The van der Waals surface area contributed by atoms with Gasteiger partial charge < -0.3 is 4.90 Å². The molecule has 7 heteroatoms. The van der Waals surface area contributed by atoms with Gasteiger partial charge in [-0.2, -0.15) is 5.26 Å². The summed E-state index contributed by atoms with van der Waals surface area (Å²) in [6.07, 6.45) is 1.79. The largest absolute Gasteiger partial charge is 0.343 e. The lowest BCUT2D eigenvalue weighted by molar-refractivity contribution is -0.133. The number of likely N-dealkylation sites (tertiary alicyclic amines) is 1. The number of nitriles is 1. The number of carbonyl (C=O) groups excluding carboxylic acids is 1. The number of nitrogens with zero attached hydrogens (tertiary/aromatic N) is 2. The highest BCUT2D eigenvalue weighted by Crippen LogP contribution is 2.15. The summed E-state index contributed by atoms with van der Waals surface area (Å²) in [7, 11) is -3.48. The van der Waals surface area contributed by atoms with Crippen LogP contribution < -0.4 is 4.72 Å². The maximum Gasteiger partial charge on any atom is 0.222 e. The molecule has 1 heterocycles. The van der Waals surface area contributed by atoms with Crippen LogP contribution >= 0.6 is 0 Å². The molecule has 1 aliphatic rings. The van der Waals surface area contributed by atoms with Crippen LogP contribution in [0.1, 0.15) is 44.2 Å². The van der Waals surface area contributed by atoms with E-state index < -0.39 is 10.0 Å². The maximum atomic E-state index is 12.4. The van der Waals surface area contributed by atoms with E-state index in [2.05, 4.69) is 4.72 Å². The number of carbonyl (C=O) groups is 1. The van der Waals surface area contributed by atoms with Gasteiger partial charge in [-0.05, 0) is 36.5 Å². The van der Waals surface area contributed by atoms with Crippen molar-refractivity contribution in [2.24, 2.45) is 5.92 Å². The van der Waals surface area contributed by atoms with Gasteiger partial charge in [-0.25, -0.2) is 13.1 Å². The van der Waals surface area contributed by atoms with Crippen LogP contribution in [-0.4, -0.2) is 38.4 Å². The highest BCUT2D eigenvalue weighted by Gasteiger charge is 2.26. The molecule has 1 N–H and O–H groups in total. The highest BCUT2D eigenvalue weighted by molar-refractivity contribution is 7.88. The second kappa shape index (κ2) is 8.45. The van der Waals surface area contributed by atoms with Gasteiger partial charge in [0.05, 0.1) is 17.4 Å². The van der Waals surface area contributed by atoms with Crippen molar-refractivity contribution >= 4 is 15.9 Å². The van der Waals surface area contributed by atoms with Crippen LogP contribution in [0, 0.1) is 17.2 Å². The minimum atomic E-state index is -3.48. The molecule has 1 fully saturated rings. The number of benzene rings is 1. The van der Waals surface area contributed by atoms with E-state index in [0.29, 0.717) is 49.4 Å². The molecule has 1 amide bonds. The fraction of sp³-hybridized carbons (Fsp3) is 0.556. The molecule has 0 unspecified atom stereocenters. The predicted octanol–water partition coefficient (Wildman–Crippen LogP) is 2.01. The van der Waals surface area contributed by atoms with Crippen LogP contribution in [-0.2, 0) is 20.6 Å². The van der Waals surface area contributed by atoms with Crippen molar-refractivity contribution in [2.45, 2.75) is 44.9 Å². The van der Waals surface area contributed by atoms with E-state index in [1.165, 1.54) is 0 Å². The van der Waals surface area contributed by atoms with Gasteiger partial charge in [0, 0.05) is 25.6 Å². The number of sulfonamides is 1. The Kier molecular flexibility index (Phi) is 6.57. The number of piperidine rings is 1. The zero-order chi connectivity index (χ0) is 18.4. The Balaban J connectivity index is 1.88. The number of rotatable bonds is 6. The van der Waals surface area contributed by atoms with E-state index in [1.807, 2.05) is 24.8 Å². The summed E-state index contributed by atoms with van der Waals surface area (Å²) in [6.45, 7) is 5.20. The quantitative estimate of drug-likeness (QED) is 0.837. The summed E-state index contributed by atoms with van der Waals surface area (Å²) in [5.74, 6) is 0.326. The SMILES string of the molecule is CC(C)CC(=O)N1CCC(NS(=O)(=O)Cc2cccc(C#N)c2)CC1. The van der Waals surface area contributed by atoms with Crippen molar-refractivity contribution < 1.29 is 13.2 Å². The Bertz CT molecular complexity index is 745. The van der Waals surface area contributed by atoms with E-state index in [9.17, 15) is 13.2 Å². The third-order valence-electron chi connectivity index (χ3n) is 4.19. The minimum absolute atomic E-state index is 0.143. The second-order valence-corrected chi connectivity index (χ2v) is 8.70. The number of amides is 1. The van der Waals surface area contributed by atoms with Crippen LogP contribution in [0.3, 0.4) is 0 Å². The second-order valence-electron chi connectivity index (χ2n) is 6.94. The molecular weight excluding hydrogens is 338 g/mol. The Labute approximate surface area is 149 Å². The molecule has 0 bridgehead atoms. The minimum Gasteiger partial charge on any atom is -0.343 e. The molecule has 1 aromatic rings. The molecule has 0 radical (unpaired) electrons. The summed E-state index contributed by atoms with van der Waals surface area (Å²) in [5, 5.41) is 8.90. The molecule has 136 valence electrons. The van der Waals surface area contributed by atoms with Gasteiger partial charge in [-0.15, -0.1) is 0 Å². The van der Waals surface area contributed by atoms with E-state index in [0.717, 1.165) is 0 Å². The van der Waals surface area contributed by atoms with Crippen LogP contribution in [0.5, 0.6) is 0 Å². The summed E-state index contributed by atoms with van der Waals surface area (Å²) in [4.78, 5) is 13.9. The molecule has 0 aromatic heterocycles. The summed E-state index contributed by atoms with van der Waals surface area (Å²) < 4.78 is 27.4. The van der Waals surface area contributed by atoms with Crippen LogP contribution in [0.4, 0.5) is 0 Å². The molecule has 1 aromatic carbocycles. The van der Waals surface area contributed by atoms with Gasteiger partial charge in [0.2, 0.25) is 15.9 Å². The first-order valence-corrected chi connectivity index (χ1v) is 10.2. The lowest BCUT2D eigenvalue weighted by atomic mass is 10.0. The number of hydrogen-bond donors (Lipinski definition) is 1. The third kappa shape index (κ3) is 6.15. The van der Waals surface area contributed by atoms with E-state index in [1.54, 1.807) is 24.3 Å². The van der Waals surface area contributed by atoms with Crippen molar-refractivity contribution in [2.75, 3.05) is 13.1 Å². The van der Waals surface area contributed by atoms with Gasteiger partial charge in [0.25, 0.3) is 0 Å². The maximum absolute atomic E-state index is 12.4. The van der Waals surface area contributed by atoms with Gasteiger partial charge in [0.15, 0.2) is 0 Å². The van der Waals surface area contributed by atoms with Crippen molar-refractivity contribution in [3.8, 4) is 6.07 Å². The van der Waals surface area contributed by atoms with E-state index >= 15 is 0 Å². The molecule has 1 saturated heterocycles. The fourth-order valence-corrected chi connectivity index (χ4v) is 4.42. The van der Waals surface area contributed by atoms with Gasteiger partial charge in [-0.1, -0.05) is 26.0 Å². The lowest BCUT2D eigenvalue weighted by Gasteiger charge is -2.32. The Morgan fingerprint density at radius 3 is 2.64 bits per heavy atom. The van der Waals surface area contributed by atoms with Gasteiger partial charge in [0.1, 0.15) is 0 Å². The predicted molar refractivity (Wildman–Crippen MR) is 96.0 cm³/mol. The van der Waals surface area contributed by atoms with Crippen LogP contribution in [0.2, 0.25) is 0 Å². The fourth-order valence-electron chi connectivity index (χ4n) is 2.97. The molecule has 2 rings (SSSR count). The van der Waals surface area contributed by atoms with Crippen molar-refractivity contribution in [1.29, 1.82) is 5.26 Å². The van der Waals surface area contributed by atoms with E-state index in [-0.39, 0.29) is 17.7 Å². The van der Waals surface area contributed by atoms with Gasteiger partial charge >= 0.3 is 0 Å². The van der Waals surface area contributed by atoms with Crippen molar-refractivity contribution in [1.82, 2.24) is 9.62 Å². The average molecular weight is 363 g/mol. The summed E-state index contributed by atoms with van der Waals surface area (Å²) in [6, 6.07) is 8.48. The van der Waals surface area contributed by atoms with E-state index in [4.69, 9.17) is 5.26 Å². The Hall–Kier alpha value is -1.91. The van der Waals surface area contributed by atoms with Gasteiger partial charge in [-0.3, -0.25) is 4.79 Å². The summed E-state index contributed by atoms with van der Waals surface area (Å²) >= 11 is 0. The van der Waals surface area contributed by atoms with Crippen molar-refractivity contribution in [3.63, 3.8) is 0 Å². The zero-order valence-electron chi connectivity index (χ0n) is 14.7. The molecule has 25 heavy (non-hydrogen) atoms. The molecule has 6 nitrogen and oxygen atoms in total. The van der Waals surface area contributed by atoms with Crippen LogP contribution in [0.25, 0.3) is 0 Å². The average Bonchev–Trinajstić information content (AvgIpc) is 2.54.